The third-order valence-corrected chi connectivity index (χ3v) is 3.29. The van der Waals surface area contributed by atoms with Crippen molar-refractivity contribution in [2.45, 2.75) is 19.9 Å². The van der Waals surface area contributed by atoms with Crippen LogP contribution in [0.5, 0.6) is 5.75 Å². The quantitative estimate of drug-likeness (QED) is 0.865. The minimum Gasteiger partial charge on any atom is -0.497 e. The summed E-state index contributed by atoms with van der Waals surface area (Å²) in [5, 5.41) is 3.25. The van der Waals surface area contributed by atoms with E-state index in [1.165, 1.54) is 0 Å². The molecule has 1 N–H and O–H groups in total. The van der Waals surface area contributed by atoms with Crippen LogP contribution in [0.15, 0.2) is 24.3 Å². The highest BCUT2D eigenvalue weighted by molar-refractivity contribution is 5.97. The minimum absolute atomic E-state index is 0.128. The molecule has 0 radical (unpaired) electrons. The lowest BCUT2D eigenvalue weighted by molar-refractivity contribution is -0.119. The maximum absolute atomic E-state index is 12.3. The van der Waals surface area contributed by atoms with Crippen LogP contribution in [0.3, 0.4) is 0 Å². The zero-order valence-electron chi connectivity index (χ0n) is 11.1. The molecule has 1 aromatic carbocycles. The molecule has 18 heavy (non-hydrogen) atoms. The zero-order chi connectivity index (χ0) is 13.1. The molecule has 0 aliphatic carbocycles. The Labute approximate surface area is 108 Å². The predicted octanol–water partition coefficient (Wildman–Crippen LogP) is 1.66. The van der Waals surface area contributed by atoms with E-state index in [9.17, 15) is 4.79 Å². The highest BCUT2D eigenvalue weighted by Gasteiger charge is 2.27. The Hall–Kier alpha value is -1.55. The van der Waals surface area contributed by atoms with Gasteiger partial charge >= 0.3 is 0 Å². The summed E-state index contributed by atoms with van der Waals surface area (Å²) in [6.07, 6.45) is 0. The smallest absolute Gasteiger partial charge is 0.243 e. The fourth-order valence-electron chi connectivity index (χ4n) is 2.16. The molecular formula is C14H20N2O2. The number of nitrogens with zero attached hydrogens (tertiary/aromatic N) is 1. The average Bonchev–Trinajstić information content (AvgIpc) is 2.52. The van der Waals surface area contributed by atoms with Gasteiger partial charge < -0.3 is 15.0 Å². The van der Waals surface area contributed by atoms with Gasteiger partial charge in [0.15, 0.2) is 0 Å². The molecule has 1 aromatic rings. The van der Waals surface area contributed by atoms with Crippen molar-refractivity contribution in [2.24, 2.45) is 5.92 Å². The average molecular weight is 248 g/mol. The van der Waals surface area contributed by atoms with Gasteiger partial charge in [-0.15, -0.1) is 0 Å². The molecule has 4 heteroatoms. The number of benzene rings is 1. The number of rotatable bonds is 2. The van der Waals surface area contributed by atoms with E-state index in [0.717, 1.165) is 24.5 Å². The van der Waals surface area contributed by atoms with Crippen LogP contribution in [-0.2, 0) is 4.79 Å². The minimum atomic E-state index is -0.128. The first kappa shape index (κ1) is 12.9. The molecule has 0 bridgehead atoms. The normalized spacial score (nSPS) is 24.8. The SMILES string of the molecule is COc1ccc(N2CC(C)CNC(C)C2=O)cc1. The van der Waals surface area contributed by atoms with E-state index in [1.807, 2.05) is 36.1 Å². The fourth-order valence-corrected chi connectivity index (χ4v) is 2.16. The van der Waals surface area contributed by atoms with Crippen molar-refractivity contribution in [3.05, 3.63) is 24.3 Å². The number of hydrogen-bond acceptors (Lipinski definition) is 3. The van der Waals surface area contributed by atoms with Gasteiger partial charge in [-0.3, -0.25) is 4.79 Å². The molecule has 2 atom stereocenters. The zero-order valence-corrected chi connectivity index (χ0v) is 11.1. The van der Waals surface area contributed by atoms with Crippen molar-refractivity contribution in [3.63, 3.8) is 0 Å². The Kier molecular flexibility index (Phi) is 3.87. The molecule has 1 saturated heterocycles. The highest BCUT2D eigenvalue weighted by Crippen LogP contribution is 2.22. The van der Waals surface area contributed by atoms with E-state index in [1.54, 1.807) is 7.11 Å². The van der Waals surface area contributed by atoms with Gasteiger partial charge in [-0.1, -0.05) is 6.92 Å². The van der Waals surface area contributed by atoms with Gasteiger partial charge in [-0.2, -0.15) is 0 Å². The summed E-state index contributed by atoms with van der Waals surface area (Å²) in [6, 6.07) is 7.51. The van der Waals surface area contributed by atoms with Crippen molar-refractivity contribution >= 4 is 11.6 Å². The molecule has 1 fully saturated rings. The Bertz CT molecular complexity index is 416. The summed E-state index contributed by atoms with van der Waals surface area (Å²) in [7, 11) is 1.64. The standard InChI is InChI=1S/C14H20N2O2/c1-10-8-15-11(2)14(17)16(9-10)12-4-6-13(18-3)7-5-12/h4-7,10-11,15H,8-9H2,1-3H3. The monoisotopic (exact) mass is 248 g/mol. The van der Waals surface area contributed by atoms with Gasteiger partial charge in [0.25, 0.3) is 0 Å². The second-order valence-electron chi connectivity index (χ2n) is 4.88. The van der Waals surface area contributed by atoms with Crippen LogP contribution in [0.1, 0.15) is 13.8 Å². The van der Waals surface area contributed by atoms with Crippen molar-refractivity contribution in [1.82, 2.24) is 5.32 Å². The Balaban J connectivity index is 2.24. The summed E-state index contributed by atoms with van der Waals surface area (Å²) >= 11 is 0. The van der Waals surface area contributed by atoms with E-state index < -0.39 is 0 Å². The van der Waals surface area contributed by atoms with E-state index in [-0.39, 0.29) is 11.9 Å². The van der Waals surface area contributed by atoms with E-state index in [2.05, 4.69) is 12.2 Å². The van der Waals surface area contributed by atoms with Crippen LogP contribution < -0.4 is 15.0 Å². The van der Waals surface area contributed by atoms with Gasteiger partial charge in [-0.25, -0.2) is 0 Å². The summed E-state index contributed by atoms with van der Waals surface area (Å²) in [4.78, 5) is 14.1. The summed E-state index contributed by atoms with van der Waals surface area (Å²) in [5.41, 5.74) is 0.934. The number of hydrogen-bond donors (Lipinski definition) is 1. The van der Waals surface area contributed by atoms with Gasteiger partial charge in [0.2, 0.25) is 5.91 Å². The summed E-state index contributed by atoms with van der Waals surface area (Å²) in [6.45, 7) is 5.69. The topological polar surface area (TPSA) is 41.6 Å². The van der Waals surface area contributed by atoms with Gasteiger partial charge in [0.05, 0.1) is 13.2 Å². The molecule has 0 saturated carbocycles. The number of anilines is 1. The lowest BCUT2D eigenvalue weighted by Crippen LogP contribution is -2.41. The molecule has 1 aliphatic heterocycles. The van der Waals surface area contributed by atoms with Crippen LogP contribution >= 0.6 is 0 Å². The predicted molar refractivity (Wildman–Crippen MR) is 72.0 cm³/mol. The van der Waals surface area contributed by atoms with Crippen LogP contribution in [0, 0.1) is 5.92 Å². The second-order valence-corrected chi connectivity index (χ2v) is 4.88. The molecule has 98 valence electrons. The fraction of sp³-hybridized carbons (Fsp3) is 0.500. The first-order valence-corrected chi connectivity index (χ1v) is 6.30. The number of amides is 1. The maximum Gasteiger partial charge on any atom is 0.243 e. The third kappa shape index (κ3) is 2.64. The molecule has 1 aliphatic rings. The largest absolute Gasteiger partial charge is 0.497 e. The van der Waals surface area contributed by atoms with Crippen molar-refractivity contribution in [3.8, 4) is 5.75 Å². The van der Waals surface area contributed by atoms with Gasteiger partial charge in [0.1, 0.15) is 5.75 Å². The lowest BCUT2D eigenvalue weighted by Gasteiger charge is -2.24. The highest BCUT2D eigenvalue weighted by atomic mass is 16.5. The molecule has 1 heterocycles. The lowest BCUT2D eigenvalue weighted by atomic mass is 10.1. The number of ether oxygens (including phenoxy) is 1. The first-order chi connectivity index (χ1) is 8.61. The van der Waals surface area contributed by atoms with Gasteiger partial charge in [0, 0.05) is 18.8 Å². The van der Waals surface area contributed by atoms with Crippen LogP contribution in [0.25, 0.3) is 0 Å². The molecule has 2 unspecified atom stereocenters. The maximum atomic E-state index is 12.3. The summed E-state index contributed by atoms with van der Waals surface area (Å²) < 4.78 is 5.13. The Morgan fingerprint density at radius 2 is 1.94 bits per heavy atom. The van der Waals surface area contributed by atoms with Gasteiger partial charge in [-0.05, 0) is 37.1 Å². The second kappa shape index (κ2) is 5.40. The number of nitrogens with one attached hydrogen (secondary N) is 1. The molecule has 0 spiro atoms. The van der Waals surface area contributed by atoms with Crippen LogP contribution in [0.2, 0.25) is 0 Å². The Morgan fingerprint density at radius 3 is 2.56 bits per heavy atom. The summed E-state index contributed by atoms with van der Waals surface area (Å²) in [5.74, 6) is 1.38. The number of carbonyl (C=O) groups is 1. The van der Waals surface area contributed by atoms with Crippen molar-refractivity contribution in [2.75, 3.05) is 25.1 Å². The van der Waals surface area contributed by atoms with Crippen LogP contribution in [-0.4, -0.2) is 32.1 Å². The van der Waals surface area contributed by atoms with E-state index in [4.69, 9.17) is 4.74 Å². The number of methoxy groups -OCH3 is 1. The first-order valence-electron chi connectivity index (χ1n) is 6.30. The molecule has 4 nitrogen and oxygen atoms in total. The van der Waals surface area contributed by atoms with E-state index >= 15 is 0 Å². The molecule has 0 aromatic heterocycles. The molecule has 1 amide bonds. The van der Waals surface area contributed by atoms with Crippen molar-refractivity contribution < 1.29 is 9.53 Å². The molecular weight excluding hydrogens is 228 g/mol. The van der Waals surface area contributed by atoms with Crippen LogP contribution in [0.4, 0.5) is 5.69 Å². The van der Waals surface area contributed by atoms with E-state index in [0.29, 0.717) is 5.92 Å². The third-order valence-electron chi connectivity index (χ3n) is 3.29. The molecule has 2 rings (SSSR count). The Morgan fingerprint density at radius 1 is 1.28 bits per heavy atom. The number of carbonyl (C=O) groups excluding carboxylic acids is 1. The van der Waals surface area contributed by atoms with Crippen molar-refractivity contribution in [1.29, 1.82) is 0 Å².